The zero-order valence-corrected chi connectivity index (χ0v) is 17.8. The van der Waals surface area contributed by atoms with Crippen molar-refractivity contribution in [3.05, 3.63) is 36.2 Å². The highest BCUT2D eigenvalue weighted by Gasteiger charge is 2.42. The fraction of sp³-hybridized carbons (Fsp3) is 0.609. The maximum atomic E-state index is 13.3. The van der Waals surface area contributed by atoms with Crippen molar-refractivity contribution < 1.29 is 4.79 Å². The second-order valence-corrected chi connectivity index (χ2v) is 9.32. The van der Waals surface area contributed by atoms with E-state index in [1.165, 1.54) is 32.2 Å². The summed E-state index contributed by atoms with van der Waals surface area (Å²) in [4.78, 5) is 22.7. The van der Waals surface area contributed by atoms with Gasteiger partial charge >= 0.3 is 0 Å². The first-order chi connectivity index (χ1) is 14.6. The van der Waals surface area contributed by atoms with Crippen LogP contribution < -0.4 is 5.73 Å². The number of nitrogens with two attached hydrogens (primary N) is 1. The number of carbonyl (C=O) groups excluding carboxylic acids is 1. The van der Waals surface area contributed by atoms with Crippen molar-refractivity contribution in [3.63, 3.8) is 0 Å². The Morgan fingerprint density at radius 1 is 1.20 bits per heavy atom. The highest BCUT2D eigenvalue weighted by molar-refractivity contribution is 5.76. The van der Waals surface area contributed by atoms with E-state index in [4.69, 9.17) is 5.73 Å². The van der Waals surface area contributed by atoms with E-state index < -0.39 is 0 Å². The molecular formula is C23H32N6O. The van der Waals surface area contributed by atoms with Gasteiger partial charge in [0.2, 0.25) is 5.91 Å². The molecule has 0 unspecified atom stereocenters. The number of piperidine rings is 3. The molecule has 3 saturated heterocycles. The van der Waals surface area contributed by atoms with E-state index in [0.717, 1.165) is 25.2 Å². The SMILES string of the molecule is C[C@H](N)c1nc(-c2ccccc2)nn1CC(=O)N1C[C@@H]2C[C@H](C1)[C@@H]1CCCCN1C2. The van der Waals surface area contributed by atoms with Gasteiger partial charge < -0.3 is 10.6 Å². The maximum Gasteiger partial charge on any atom is 0.244 e. The van der Waals surface area contributed by atoms with Crippen LogP contribution in [0.4, 0.5) is 0 Å². The first-order valence-corrected chi connectivity index (χ1v) is 11.4. The van der Waals surface area contributed by atoms with Crippen molar-refractivity contribution in [3.8, 4) is 11.4 Å². The Balaban J connectivity index is 1.32. The molecule has 0 saturated carbocycles. The van der Waals surface area contributed by atoms with Gasteiger partial charge in [-0.2, -0.15) is 5.10 Å². The summed E-state index contributed by atoms with van der Waals surface area (Å²) in [5, 5.41) is 4.64. The summed E-state index contributed by atoms with van der Waals surface area (Å²) < 4.78 is 1.71. The molecule has 3 aliphatic rings. The van der Waals surface area contributed by atoms with Crippen LogP contribution in [0.2, 0.25) is 0 Å². The van der Waals surface area contributed by atoms with E-state index in [-0.39, 0.29) is 18.5 Å². The number of benzene rings is 1. The highest BCUT2D eigenvalue weighted by atomic mass is 16.2. The van der Waals surface area contributed by atoms with Gasteiger partial charge in [0.05, 0.1) is 6.04 Å². The Bertz CT molecular complexity index is 894. The van der Waals surface area contributed by atoms with Crippen LogP contribution in [-0.4, -0.2) is 62.7 Å². The Morgan fingerprint density at radius 2 is 2.03 bits per heavy atom. The fourth-order valence-corrected chi connectivity index (χ4v) is 5.72. The maximum absolute atomic E-state index is 13.3. The summed E-state index contributed by atoms with van der Waals surface area (Å²) in [6.07, 6.45) is 5.22. The molecule has 7 nitrogen and oxygen atoms in total. The van der Waals surface area contributed by atoms with Gasteiger partial charge in [-0.05, 0) is 44.6 Å². The molecule has 3 aliphatic heterocycles. The van der Waals surface area contributed by atoms with Gasteiger partial charge in [0, 0.05) is 31.2 Å². The summed E-state index contributed by atoms with van der Waals surface area (Å²) in [7, 11) is 0. The summed E-state index contributed by atoms with van der Waals surface area (Å²) in [6.45, 7) is 6.24. The molecule has 2 bridgehead atoms. The zero-order valence-electron chi connectivity index (χ0n) is 17.8. The molecule has 3 fully saturated rings. The van der Waals surface area contributed by atoms with Crippen LogP contribution in [0.3, 0.4) is 0 Å². The normalized spacial score (nSPS) is 27.5. The number of fused-ring (bicyclic) bond motifs is 4. The average molecular weight is 409 g/mol. The molecule has 2 N–H and O–H groups in total. The molecule has 0 aliphatic carbocycles. The Hall–Kier alpha value is -2.25. The van der Waals surface area contributed by atoms with Crippen LogP contribution in [0.1, 0.15) is 44.5 Å². The molecule has 0 spiro atoms. The molecule has 4 atom stereocenters. The molecule has 1 aromatic carbocycles. The number of nitrogens with zero attached hydrogens (tertiary/aromatic N) is 5. The van der Waals surface area contributed by atoms with E-state index in [1.54, 1.807) is 4.68 Å². The summed E-state index contributed by atoms with van der Waals surface area (Å²) in [5.74, 6) is 2.65. The topological polar surface area (TPSA) is 80.3 Å². The van der Waals surface area contributed by atoms with Crippen LogP contribution in [0.5, 0.6) is 0 Å². The molecule has 0 radical (unpaired) electrons. The number of amides is 1. The van der Waals surface area contributed by atoms with Crippen LogP contribution in [0.25, 0.3) is 11.4 Å². The lowest BCUT2D eigenvalue weighted by Gasteiger charge is -2.52. The number of hydrogen-bond acceptors (Lipinski definition) is 5. The first kappa shape index (κ1) is 19.7. The van der Waals surface area contributed by atoms with Crippen molar-refractivity contribution in [1.29, 1.82) is 0 Å². The third kappa shape index (κ3) is 3.76. The molecule has 160 valence electrons. The number of likely N-dealkylation sites (tertiary alicyclic amines) is 1. The van der Waals surface area contributed by atoms with E-state index in [0.29, 0.717) is 29.5 Å². The minimum absolute atomic E-state index is 0.139. The highest BCUT2D eigenvalue weighted by Crippen LogP contribution is 2.37. The van der Waals surface area contributed by atoms with Crippen LogP contribution in [0, 0.1) is 11.8 Å². The fourth-order valence-electron chi connectivity index (χ4n) is 5.72. The van der Waals surface area contributed by atoms with Gasteiger partial charge in [0.1, 0.15) is 12.4 Å². The summed E-state index contributed by atoms with van der Waals surface area (Å²) >= 11 is 0. The molecule has 7 heteroatoms. The number of rotatable bonds is 4. The van der Waals surface area contributed by atoms with Crippen molar-refractivity contribution in [1.82, 2.24) is 24.6 Å². The Morgan fingerprint density at radius 3 is 2.83 bits per heavy atom. The molecule has 1 aromatic heterocycles. The zero-order chi connectivity index (χ0) is 20.7. The minimum atomic E-state index is -0.278. The predicted molar refractivity (Wildman–Crippen MR) is 115 cm³/mol. The van der Waals surface area contributed by atoms with Gasteiger partial charge in [0.15, 0.2) is 5.82 Å². The molecule has 2 aromatic rings. The number of aromatic nitrogens is 3. The standard InChI is InChI=1S/C23H32N6O/c1-16(24)23-25-22(18-7-3-2-4-8-18)26-29(23)15-21(30)28-13-17-11-19(14-28)20-9-5-6-10-27(20)12-17/h2-4,7-8,16-17,19-20H,5-6,9-15,24H2,1H3/t16-,17+,19+,20-/m0/s1. The average Bonchev–Trinajstić information content (AvgIpc) is 3.18. The number of hydrogen-bond donors (Lipinski definition) is 1. The van der Waals surface area contributed by atoms with E-state index in [2.05, 4.69) is 19.9 Å². The Labute approximate surface area is 178 Å². The quantitative estimate of drug-likeness (QED) is 0.840. The monoisotopic (exact) mass is 408 g/mol. The molecule has 4 heterocycles. The van der Waals surface area contributed by atoms with Gasteiger partial charge in [-0.25, -0.2) is 9.67 Å². The largest absolute Gasteiger partial charge is 0.340 e. The van der Waals surface area contributed by atoms with Crippen LogP contribution in [0.15, 0.2) is 30.3 Å². The van der Waals surface area contributed by atoms with E-state index >= 15 is 0 Å². The van der Waals surface area contributed by atoms with Crippen molar-refractivity contribution in [2.24, 2.45) is 17.6 Å². The van der Waals surface area contributed by atoms with Crippen LogP contribution in [-0.2, 0) is 11.3 Å². The summed E-state index contributed by atoms with van der Waals surface area (Å²) in [5.41, 5.74) is 7.09. The van der Waals surface area contributed by atoms with Crippen molar-refractivity contribution in [2.45, 2.75) is 51.2 Å². The van der Waals surface area contributed by atoms with Crippen LogP contribution >= 0.6 is 0 Å². The van der Waals surface area contributed by atoms with E-state index in [1.807, 2.05) is 37.3 Å². The second kappa shape index (κ2) is 8.12. The second-order valence-electron chi connectivity index (χ2n) is 9.32. The molecule has 30 heavy (non-hydrogen) atoms. The minimum Gasteiger partial charge on any atom is -0.340 e. The van der Waals surface area contributed by atoms with Gasteiger partial charge in [-0.15, -0.1) is 0 Å². The van der Waals surface area contributed by atoms with Crippen molar-refractivity contribution >= 4 is 5.91 Å². The molecule has 1 amide bonds. The smallest absolute Gasteiger partial charge is 0.244 e. The Kier molecular flexibility index (Phi) is 5.33. The van der Waals surface area contributed by atoms with Gasteiger partial charge in [0.25, 0.3) is 0 Å². The van der Waals surface area contributed by atoms with Gasteiger partial charge in [-0.1, -0.05) is 36.8 Å². The summed E-state index contributed by atoms with van der Waals surface area (Å²) in [6, 6.07) is 10.3. The van der Waals surface area contributed by atoms with E-state index in [9.17, 15) is 4.79 Å². The lowest BCUT2D eigenvalue weighted by atomic mass is 9.76. The third-order valence-corrected chi connectivity index (χ3v) is 7.05. The van der Waals surface area contributed by atoms with Crippen molar-refractivity contribution in [2.75, 3.05) is 26.2 Å². The number of carbonyl (C=O) groups is 1. The van der Waals surface area contributed by atoms with Gasteiger partial charge in [-0.3, -0.25) is 9.69 Å². The predicted octanol–water partition coefficient (Wildman–Crippen LogP) is 2.30. The third-order valence-electron chi connectivity index (χ3n) is 7.05. The lowest BCUT2D eigenvalue weighted by Crippen LogP contribution is -2.60. The molecular weight excluding hydrogens is 376 g/mol. The molecule has 5 rings (SSSR count). The lowest BCUT2D eigenvalue weighted by molar-refractivity contribution is -0.138. The first-order valence-electron chi connectivity index (χ1n) is 11.4.